The van der Waals surface area contributed by atoms with Gasteiger partial charge in [0.05, 0.1) is 34.1 Å². The van der Waals surface area contributed by atoms with Crippen LogP contribution in [-0.2, 0) is 15.1 Å². The van der Waals surface area contributed by atoms with Gasteiger partial charge in [-0.15, -0.1) is 0 Å². The van der Waals surface area contributed by atoms with Crippen molar-refractivity contribution in [2.24, 2.45) is 17.8 Å². The molecule has 1 spiro atoms. The first-order valence-corrected chi connectivity index (χ1v) is 13.6. The number of aromatic nitrogens is 2. The number of carbonyl (C=O) groups excluding carboxylic acids is 2. The number of amides is 2. The number of carbonyl (C=O) groups is 2. The summed E-state index contributed by atoms with van der Waals surface area (Å²) in [6.45, 7) is 8.18. The zero-order valence-corrected chi connectivity index (χ0v) is 22.4. The molecule has 1 aromatic heterocycles. The van der Waals surface area contributed by atoms with Crippen LogP contribution in [0.15, 0.2) is 71.5 Å². The van der Waals surface area contributed by atoms with Crippen LogP contribution in [0, 0.1) is 31.6 Å². The lowest BCUT2D eigenvalue weighted by atomic mass is 9.75. The van der Waals surface area contributed by atoms with Gasteiger partial charge in [-0.2, -0.15) is 0 Å². The average Bonchev–Trinajstić information content (AvgIpc) is 3.47. The molecule has 7 rings (SSSR count). The van der Waals surface area contributed by atoms with Crippen molar-refractivity contribution in [3.8, 4) is 5.69 Å². The molecule has 3 aromatic carbocycles. The smallest absolute Gasteiger partial charge is 0.266 e. The molecule has 0 radical (unpaired) electrons. The molecule has 4 heterocycles. The van der Waals surface area contributed by atoms with E-state index in [0.717, 1.165) is 16.7 Å². The third kappa shape index (κ3) is 3.08. The maximum absolute atomic E-state index is 14.5. The fourth-order valence-electron chi connectivity index (χ4n) is 7.22. The van der Waals surface area contributed by atoms with Crippen molar-refractivity contribution in [1.29, 1.82) is 0 Å². The summed E-state index contributed by atoms with van der Waals surface area (Å²) < 4.78 is 1.65. The quantitative estimate of drug-likeness (QED) is 0.407. The number of para-hydroxylation sites is 2. The number of anilines is 1. The minimum Gasteiger partial charge on any atom is -0.297 e. The predicted molar refractivity (Wildman–Crippen MR) is 150 cm³/mol. The Hall–Kier alpha value is -4.10. The second-order valence-corrected chi connectivity index (χ2v) is 11.6. The van der Waals surface area contributed by atoms with E-state index < -0.39 is 17.4 Å². The Labute approximate surface area is 226 Å². The first kappa shape index (κ1) is 24.0. The van der Waals surface area contributed by atoms with Crippen LogP contribution in [0.1, 0.15) is 42.8 Å². The normalized spacial score (nSPS) is 25.2. The number of aryl methyl sites for hydroxylation is 2. The van der Waals surface area contributed by atoms with E-state index in [-0.39, 0.29) is 23.4 Å². The summed E-state index contributed by atoms with van der Waals surface area (Å²) in [5.41, 5.74) is 3.39. The molecule has 2 fully saturated rings. The maximum atomic E-state index is 14.5. The Kier molecular flexibility index (Phi) is 5.04. The number of nitrogens with one attached hydrogen (secondary N) is 1. The molecule has 196 valence electrons. The molecule has 4 atom stereocenters. The molecular formula is C32H30N4O3. The van der Waals surface area contributed by atoms with Gasteiger partial charge in [0.15, 0.2) is 0 Å². The lowest BCUT2D eigenvalue weighted by molar-refractivity contribution is -0.123. The topological polar surface area (TPSA) is 84.3 Å². The van der Waals surface area contributed by atoms with Crippen LogP contribution in [-0.4, -0.2) is 27.4 Å². The molecular weight excluding hydrogens is 488 g/mol. The number of rotatable bonds is 3. The summed E-state index contributed by atoms with van der Waals surface area (Å²) in [6.07, 6.45) is 0.711. The Morgan fingerprint density at radius 2 is 1.67 bits per heavy atom. The van der Waals surface area contributed by atoms with E-state index in [2.05, 4.69) is 19.2 Å². The van der Waals surface area contributed by atoms with Crippen LogP contribution in [0.4, 0.5) is 5.69 Å². The molecule has 3 aliphatic heterocycles. The van der Waals surface area contributed by atoms with Gasteiger partial charge < -0.3 is 0 Å². The van der Waals surface area contributed by atoms with Crippen molar-refractivity contribution < 1.29 is 9.59 Å². The number of hydrogen-bond acceptors (Lipinski definition) is 5. The highest BCUT2D eigenvalue weighted by molar-refractivity contribution is 6.23. The second-order valence-electron chi connectivity index (χ2n) is 11.6. The Balaban J connectivity index is 1.52. The van der Waals surface area contributed by atoms with Gasteiger partial charge in [0, 0.05) is 11.6 Å². The summed E-state index contributed by atoms with van der Waals surface area (Å²) in [4.78, 5) is 49.1. The summed E-state index contributed by atoms with van der Waals surface area (Å²) in [6, 6.07) is 20.5. The SMILES string of the molecule is Cc1ccc(N2C(=O)[C@H]3[C@@H](CC(C)C)N[C@@]4(c5ccccc5-n5c4nc4ccccc4c5=O)[C@H]3C2=O)c(C)c1. The molecule has 0 bridgehead atoms. The van der Waals surface area contributed by atoms with Crippen molar-refractivity contribution in [1.82, 2.24) is 14.9 Å². The highest BCUT2D eigenvalue weighted by Crippen LogP contribution is 2.56. The van der Waals surface area contributed by atoms with E-state index in [9.17, 15) is 14.4 Å². The van der Waals surface area contributed by atoms with Gasteiger partial charge in [-0.05, 0) is 56.0 Å². The third-order valence-corrected chi connectivity index (χ3v) is 8.68. The number of hydrogen-bond donors (Lipinski definition) is 1. The maximum Gasteiger partial charge on any atom is 0.266 e. The lowest BCUT2D eigenvalue weighted by Gasteiger charge is -2.32. The van der Waals surface area contributed by atoms with E-state index >= 15 is 0 Å². The van der Waals surface area contributed by atoms with E-state index in [4.69, 9.17) is 4.98 Å². The number of nitrogens with zero attached hydrogens (tertiary/aromatic N) is 3. The molecule has 2 amide bonds. The first-order chi connectivity index (χ1) is 18.7. The molecule has 3 aliphatic rings. The Bertz CT molecular complexity index is 1770. The second kappa shape index (κ2) is 8.20. The predicted octanol–water partition coefficient (Wildman–Crippen LogP) is 4.38. The van der Waals surface area contributed by atoms with Gasteiger partial charge in [-0.1, -0.05) is 61.9 Å². The largest absolute Gasteiger partial charge is 0.297 e. The molecule has 0 saturated carbocycles. The molecule has 39 heavy (non-hydrogen) atoms. The summed E-state index contributed by atoms with van der Waals surface area (Å²) in [5.74, 6) is -0.981. The van der Waals surface area contributed by atoms with Crippen molar-refractivity contribution in [3.63, 3.8) is 0 Å². The number of imide groups is 1. The first-order valence-electron chi connectivity index (χ1n) is 13.6. The highest BCUT2D eigenvalue weighted by atomic mass is 16.2. The van der Waals surface area contributed by atoms with Crippen molar-refractivity contribution in [2.45, 2.75) is 45.7 Å². The molecule has 1 N–H and O–H groups in total. The highest BCUT2D eigenvalue weighted by Gasteiger charge is 2.69. The monoisotopic (exact) mass is 518 g/mol. The summed E-state index contributed by atoms with van der Waals surface area (Å²) in [7, 11) is 0. The van der Waals surface area contributed by atoms with Crippen LogP contribution in [0.3, 0.4) is 0 Å². The van der Waals surface area contributed by atoms with Crippen LogP contribution in [0.2, 0.25) is 0 Å². The van der Waals surface area contributed by atoms with Gasteiger partial charge in [0.25, 0.3) is 5.56 Å². The van der Waals surface area contributed by atoms with Gasteiger partial charge in [-0.25, -0.2) is 9.88 Å². The van der Waals surface area contributed by atoms with Crippen molar-refractivity contribution >= 4 is 28.4 Å². The Morgan fingerprint density at radius 3 is 2.44 bits per heavy atom. The molecule has 2 saturated heterocycles. The number of benzene rings is 3. The third-order valence-electron chi connectivity index (χ3n) is 8.68. The minimum atomic E-state index is -1.11. The molecule has 0 unspecified atom stereocenters. The van der Waals surface area contributed by atoms with Crippen LogP contribution >= 0.6 is 0 Å². The molecule has 7 heteroatoms. The molecule has 0 aliphatic carbocycles. The fourth-order valence-corrected chi connectivity index (χ4v) is 7.22. The average molecular weight is 519 g/mol. The zero-order valence-electron chi connectivity index (χ0n) is 22.4. The van der Waals surface area contributed by atoms with Gasteiger partial charge in [0.2, 0.25) is 11.8 Å². The minimum absolute atomic E-state index is 0.173. The van der Waals surface area contributed by atoms with Crippen LogP contribution in [0.5, 0.6) is 0 Å². The Morgan fingerprint density at radius 1 is 0.923 bits per heavy atom. The molecule has 4 aromatic rings. The summed E-state index contributed by atoms with van der Waals surface area (Å²) in [5, 5.41) is 4.29. The van der Waals surface area contributed by atoms with Crippen molar-refractivity contribution in [3.05, 3.63) is 99.6 Å². The van der Waals surface area contributed by atoms with Crippen LogP contribution < -0.4 is 15.8 Å². The lowest BCUT2D eigenvalue weighted by Crippen LogP contribution is -2.50. The van der Waals surface area contributed by atoms with Crippen LogP contribution in [0.25, 0.3) is 16.6 Å². The molecule has 7 nitrogen and oxygen atoms in total. The summed E-state index contributed by atoms with van der Waals surface area (Å²) >= 11 is 0. The van der Waals surface area contributed by atoms with Crippen molar-refractivity contribution in [2.75, 3.05) is 4.90 Å². The zero-order chi connectivity index (χ0) is 27.2. The van der Waals surface area contributed by atoms with E-state index in [1.807, 2.05) is 74.5 Å². The number of fused-ring (bicyclic) bond motifs is 8. The van der Waals surface area contributed by atoms with E-state index in [1.54, 1.807) is 10.6 Å². The van der Waals surface area contributed by atoms with Gasteiger partial charge >= 0.3 is 0 Å². The van der Waals surface area contributed by atoms with Gasteiger partial charge in [0.1, 0.15) is 11.4 Å². The van der Waals surface area contributed by atoms with E-state index in [1.165, 1.54) is 4.90 Å². The van der Waals surface area contributed by atoms with E-state index in [0.29, 0.717) is 40.4 Å². The fraction of sp³-hybridized carbons (Fsp3) is 0.312. The van der Waals surface area contributed by atoms with Gasteiger partial charge in [-0.3, -0.25) is 24.3 Å². The standard InChI is InChI=1S/C32H30N4O3/c1-17(2)15-23-26-27(30(39)35(29(26)38)24-14-13-18(3)16-19(24)4)32(34-23)21-10-6-8-12-25(21)36-28(37)20-9-5-7-11-22(20)33-31(32)36/h5-14,16-17,23,26-27,34H,15H2,1-4H3/t23-,26+,27-,32+/m1/s1.